The average Bonchev–Trinajstić information content (AvgIpc) is 2.49. The fraction of sp³-hybridized carbons (Fsp3) is 0.647. The number of hydrogen-bond donors (Lipinski definition) is 1. The second-order valence-corrected chi connectivity index (χ2v) is 6.23. The van der Waals surface area contributed by atoms with Gasteiger partial charge in [-0.15, -0.1) is 0 Å². The molecule has 0 unspecified atom stereocenters. The Hall–Kier alpha value is -0.900. The Morgan fingerprint density at radius 3 is 2.55 bits per heavy atom. The molecule has 0 bridgehead atoms. The molecule has 2 heterocycles. The highest BCUT2D eigenvalue weighted by atomic mass is 16.5. The van der Waals surface area contributed by atoms with E-state index in [0.29, 0.717) is 5.41 Å². The number of nitrogens with zero attached hydrogens (tertiary/aromatic N) is 1. The second-order valence-electron chi connectivity index (χ2n) is 6.23. The van der Waals surface area contributed by atoms with Crippen molar-refractivity contribution in [2.24, 2.45) is 0 Å². The summed E-state index contributed by atoms with van der Waals surface area (Å²) in [4.78, 5) is 2.63. The summed E-state index contributed by atoms with van der Waals surface area (Å²) >= 11 is 0. The van der Waals surface area contributed by atoms with E-state index in [2.05, 4.69) is 41.4 Å². The molecule has 0 aromatic heterocycles. The smallest absolute Gasteiger partial charge is 0.0475 e. The molecule has 1 aromatic rings. The van der Waals surface area contributed by atoms with E-state index in [1.165, 1.54) is 25.2 Å². The summed E-state index contributed by atoms with van der Waals surface area (Å²) < 4.78 is 5.64. The summed E-state index contributed by atoms with van der Waals surface area (Å²) in [6.45, 7) is 9.84. The van der Waals surface area contributed by atoms with E-state index >= 15 is 0 Å². The van der Waals surface area contributed by atoms with Crippen molar-refractivity contribution in [1.29, 1.82) is 0 Å². The van der Waals surface area contributed by atoms with Crippen LogP contribution in [0.25, 0.3) is 0 Å². The first-order chi connectivity index (χ1) is 9.80. The van der Waals surface area contributed by atoms with Crippen molar-refractivity contribution < 1.29 is 4.74 Å². The Morgan fingerprint density at radius 1 is 1.15 bits per heavy atom. The van der Waals surface area contributed by atoms with Gasteiger partial charge in [-0.3, -0.25) is 4.90 Å². The van der Waals surface area contributed by atoms with Crippen molar-refractivity contribution in [2.45, 2.75) is 25.2 Å². The summed E-state index contributed by atoms with van der Waals surface area (Å²) in [6, 6.07) is 8.93. The van der Waals surface area contributed by atoms with E-state index in [0.717, 1.165) is 39.1 Å². The van der Waals surface area contributed by atoms with Crippen molar-refractivity contribution in [1.82, 2.24) is 10.2 Å². The Labute approximate surface area is 122 Å². The monoisotopic (exact) mass is 274 g/mol. The molecule has 1 aromatic carbocycles. The topological polar surface area (TPSA) is 24.5 Å². The van der Waals surface area contributed by atoms with Crippen LogP contribution in [0.1, 0.15) is 24.0 Å². The zero-order chi connectivity index (χ0) is 13.8. The standard InChI is InChI=1S/C17H26N2O/c1-15-4-2-3-5-16(15)17(6-12-20-13-7-17)14-19-10-8-18-9-11-19/h2-5,18H,6-14H2,1H3. The van der Waals surface area contributed by atoms with Gasteiger partial charge in [0.1, 0.15) is 0 Å². The van der Waals surface area contributed by atoms with E-state index in [-0.39, 0.29) is 0 Å². The number of aryl methyl sites for hydroxylation is 1. The van der Waals surface area contributed by atoms with Gasteiger partial charge in [0.25, 0.3) is 0 Å². The predicted octanol–water partition coefficient (Wildman–Crippen LogP) is 1.95. The lowest BCUT2D eigenvalue weighted by Gasteiger charge is -2.43. The zero-order valence-electron chi connectivity index (χ0n) is 12.5. The molecule has 0 saturated carbocycles. The number of rotatable bonds is 3. The SMILES string of the molecule is Cc1ccccc1C1(CN2CCNCC2)CCOCC1. The summed E-state index contributed by atoms with van der Waals surface area (Å²) in [5.41, 5.74) is 3.27. The van der Waals surface area contributed by atoms with E-state index in [1.807, 2.05) is 0 Å². The maximum Gasteiger partial charge on any atom is 0.0475 e. The van der Waals surface area contributed by atoms with Gasteiger partial charge in [-0.2, -0.15) is 0 Å². The maximum atomic E-state index is 5.64. The van der Waals surface area contributed by atoms with E-state index in [1.54, 1.807) is 5.56 Å². The molecule has 0 aliphatic carbocycles. The molecular formula is C17H26N2O. The minimum absolute atomic E-state index is 0.293. The molecule has 0 amide bonds. The van der Waals surface area contributed by atoms with Crippen LogP contribution in [0.2, 0.25) is 0 Å². The normalized spacial score (nSPS) is 23.6. The van der Waals surface area contributed by atoms with Crippen molar-refractivity contribution >= 4 is 0 Å². The Morgan fingerprint density at radius 2 is 1.85 bits per heavy atom. The van der Waals surface area contributed by atoms with Gasteiger partial charge in [0.15, 0.2) is 0 Å². The van der Waals surface area contributed by atoms with Gasteiger partial charge >= 0.3 is 0 Å². The quantitative estimate of drug-likeness (QED) is 0.912. The van der Waals surface area contributed by atoms with E-state index in [9.17, 15) is 0 Å². The minimum atomic E-state index is 0.293. The van der Waals surface area contributed by atoms with Gasteiger partial charge in [0, 0.05) is 51.4 Å². The van der Waals surface area contributed by atoms with Gasteiger partial charge in [-0.25, -0.2) is 0 Å². The molecule has 0 spiro atoms. The number of ether oxygens (including phenoxy) is 1. The predicted molar refractivity (Wildman–Crippen MR) is 82.2 cm³/mol. The lowest BCUT2D eigenvalue weighted by atomic mass is 9.72. The molecule has 3 heteroatoms. The van der Waals surface area contributed by atoms with Crippen LogP contribution in [0.15, 0.2) is 24.3 Å². The first-order valence-electron chi connectivity index (χ1n) is 7.87. The van der Waals surface area contributed by atoms with Gasteiger partial charge in [-0.1, -0.05) is 24.3 Å². The molecule has 1 N–H and O–H groups in total. The largest absolute Gasteiger partial charge is 0.381 e. The highest BCUT2D eigenvalue weighted by Crippen LogP contribution is 2.37. The van der Waals surface area contributed by atoms with Crippen molar-refractivity contribution in [3.8, 4) is 0 Å². The fourth-order valence-corrected chi connectivity index (χ4v) is 3.74. The van der Waals surface area contributed by atoms with Crippen LogP contribution in [0.3, 0.4) is 0 Å². The lowest BCUT2D eigenvalue weighted by Crippen LogP contribution is -2.51. The zero-order valence-corrected chi connectivity index (χ0v) is 12.5. The maximum absolute atomic E-state index is 5.64. The van der Waals surface area contributed by atoms with Crippen molar-refractivity contribution in [2.75, 3.05) is 45.9 Å². The molecule has 2 fully saturated rings. The molecule has 110 valence electrons. The average molecular weight is 274 g/mol. The third kappa shape index (κ3) is 2.90. The molecule has 3 rings (SSSR count). The number of nitrogens with one attached hydrogen (secondary N) is 1. The van der Waals surface area contributed by atoms with Crippen LogP contribution in [-0.4, -0.2) is 50.8 Å². The van der Waals surface area contributed by atoms with Gasteiger partial charge in [0.2, 0.25) is 0 Å². The third-order valence-corrected chi connectivity index (χ3v) is 4.90. The summed E-state index contributed by atoms with van der Waals surface area (Å²) in [5, 5.41) is 3.45. The number of piperazine rings is 1. The Kier molecular flexibility index (Phi) is 4.39. The first kappa shape index (κ1) is 14.1. The van der Waals surface area contributed by atoms with Crippen LogP contribution in [0, 0.1) is 6.92 Å². The Balaban J connectivity index is 1.85. The molecule has 0 radical (unpaired) electrons. The molecule has 20 heavy (non-hydrogen) atoms. The van der Waals surface area contributed by atoms with Crippen molar-refractivity contribution in [3.63, 3.8) is 0 Å². The molecule has 2 aliphatic rings. The van der Waals surface area contributed by atoms with E-state index in [4.69, 9.17) is 4.74 Å². The number of benzene rings is 1. The molecule has 2 aliphatic heterocycles. The van der Waals surface area contributed by atoms with E-state index < -0.39 is 0 Å². The second kappa shape index (κ2) is 6.25. The molecular weight excluding hydrogens is 248 g/mol. The van der Waals surface area contributed by atoms with Gasteiger partial charge in [0.05, 0.1) is 0 Å². The highest BCUT2D eigenvalue weighted by Gasteiger charge is 2.37. The summed E-state index contributed by atoms with van der Waals surface area (Å²) in [7, 11) is 0. The van der Waals surface area contributed by atoms with Crippen LogP contribution in [0.5, 0.6) is 0 Å². The first-order valence-corrected chi connectivity index (χ1v) is 7.87. The lowest BCUT2D eigenvalue weighted by molar-refractivity contribution is 0.0318. The summed E-state index contributed by atoms with van der Waals surface area (Å²) in [6.07, 6.45) is 2.31. The van der Waals surface area contributed by atoms with Crippen molar-refractivity contribution in [3.05, 3.63) is 35.4 Å². The Bertz CT molecular complexity index is 434. The third-order valence-electron chi connectivity index (χ3n) is 4.90. The van der Waals surface area contributed by atoms with Crippen LogP contribution >= 0.6 is 0 Å². The van der Waals surface area contributed by atoms with Crippen LogP contribution in [-0.2, 0) is 10.2 Å². The summed E-state index contributed by atoms with van der Waals surface area (Å²) in [5.74, 6) is 0. The van der Waals surface area contributed by atoms with Gasteiger partial charge in [-0.05, 0) is 30.9 Å². The molecule has 0 atom stereocenters. The highest BCUT2D eigenvalue weighted by molar-refractivity contribution is 5.34. The molecule has 2 saturated heterocycles. The fourth-order valence-electron chi connectivity index (χ4n) is 3.74. The number of hydrogen-bond acceptors (Lipinski definition) is 3. The van der Waals surface area contributed by atoms with Crippen LogP contribution in [0.4, 0.5) is 0 Å². The van der Waals surface area contributed by atoms with Crippen LogP contribution < -0.4 is 5.32 Å². The minimum Gasteiger partial charge on any atom is -0.381 e. The molecule has 3 nitrogen and oxygen atoms in total. The van der Waals surface area contributed by atoms with Gasteiger partial charge < -0.3 is 10.1 Å².